The molecule has 0 saturated heterocycles. The lowest BCUT2D eigenvalue weighted by molar-refractivity contribution is 0.730. The van der Waals surface area contributed by atoms with Gasteiger partial charge in [-0.05, 0) is 20.3 Å². The van der Waals surface area contributed by atoms with E-state index in [0.29, 0.717) is 6.54 Å². The van der Waals surface area contributed by atoms with Crippen LogP contribution in [-0.4, -0.2) is 15.6 Å². The average Bonchev–Trinajstić information content (AvgIpc) is 2.40. The summed E-state index contributed by atoms with van der Waals surface area (Å²) in [5.41, 5.74) is 9.16. The maximum Gasteiger partial charge on any atom is 0.0941 e. The van der Waals surface area contributed by atoms with Gasteiger partial charge in [-0.3, -0.25) is 9.67 Å². The van der Waals surface area contributed by atoms with Gasteiger partial charge in [0.1, 0.15) is 0 Å². The van der Waals surface area contributed by atoms with Crippen molar-refractivity contribution < 1.29 is 0 Å². The standard InChI is InChI=1S/C11H20N4/c1-5-6-11(12)13-7-10-8(2)14-15(4)9(10)3/h5-7H2,1-4H3,(H2,12,13). The van der Waals surface area contributed by atoms with Gasteiger partial charge in [-0.2, -0.15) is 5.10 Å². The predicted octanol–water partition coefficient (Wildman–Crippen LogP) is 1.69. The molecule has 1 heterocycles. The Kier molecular flexibility index (Phi) is 3.88. The number of hydrogen-bond donors (Lipinski definition) is 1. The number of nitrogens with zero attached hydrogens (tertiary/aromatic N) is 3. The zero-order valence-electron chi connectivity index (χ0n) is 10.0. The molecule has 0 aliphatic rings. The second kappa shape index (κ2) is 4.96. The molecule has 0 atom stereocenters. The van der Waals surface area contributed by atoms with Crippen LogP contribution in [-0.2, 0) is 13.6 Å². The Labute approximate surface area is 91.2 Å². The van der Waals surface area contributed by atoms with E-state index in [1.807, 2.05) is 18.7 Å². The summed E-state index contributed by atoms with van der Waals surface area (Å²) in [5.74, 6) is 0.736. The first kappa shape index (κ1) is 11.8. The summed E-state index contributed by atoms with van der Waals surface area (Å²) in [6, 6.07) is 0. The summed E-state index contributed by atoms with van der Waals surface area (Å²) in [5, 5.41) is 4.34. The summed E-state index contributed by atoms with van der Waals surface area (Å²) in [6.07, 6.45) is 1.92. The summed E-state index contributed by atoms with van der Waals surface area (Å²) in [6.45, 7) is 6.81. The van der Waals surface area contributed by atoms with Gasteiger partial charge in [-0.25, -0.2) is 0 Å². The number of rotatable bonds is 4. The molecule has 0 bridgehead atoms. The van der Waals surface area contributed by atoms with Crippen molar-refractivity contribution in [3.63, 3.8) is 0 Å². The van der Waals surface area contributed by atoms with Crippen molar-refractivity contribution >= 4 is 5.84 Å². The SMILES string of the molecule is CCCC(N)=NCc1c(C)nn(C)c1C. The summed E-state index contributed by atoms with van der Waals surface area (Å²) >= 11 is 0. The molecule has 0 fully saturated rings. The highest BCUT2D eigenvalue weighted by molar-refractivity contribution is 5.80. The highest BCUT2D eigenvalue weighted by atomic mass is 15.3. The Morgan fingerprint density at radius 2 is 2.13 bits per heavy atom. The van der Waals surface area contributed by atoms with Gasteiger partial charge >= 0.3 is 0 Å². The van der Waals surface area contributed by atoms with Crippen LogP contribution in [0.4, 0.5) is 0 Å². The third-order valence-electron chi connectivity index (χ3n) is 2.61. The molecule has 0 unspecified atom stereocenters. The third kappa shape index (κ3) is 2.81. The Balaban J connectivity index is 2.77. The van der Waals surface area contributed by atoms with E-state index in [1.165, 1.54) is 11.3 Å². The van der Waals surface area contributed by atoms with Gasteiger partial charge in [0, 0.05) is 24.7 Å². The molecule has 0 aliphatic heterocycles. The molecule has 0 aromatic carbocycles. The Bertz CT molecular complexity index is 363. The summed E-state index contributed by atoms with van der Waals surface area (Å²) in [4.78, 5) is 4.36. The Hall–Kier alpha value is -1.32. The van der Waals surface area contributed by atoms with Gasteiger partial charge < -0.3 is 5.73 Å². The van der Waals surface area contributed by atoms with Crippen LogP contribution in [0.5, 0.6) is 0 Å². The number of nitrogens with two attached hydrogens (primary N) is 1. The fraction of sp³-hybridized carbons (Fsp3) is 0.636. The van der Waals surface area contributed by atoms with E-state index in [0.717, 1.165) is 24.4 Å². The van der Waals surface area contributed by atoms with Crippen LogP contribution in [0.25, 0.3) is 0 Å². The molecular weight excluding hydrogens is 188 g/mol. The second-order valence-electron chi connectivity index (χ2n) is 3.83. The second-order valence-corrected chi connectivity index (χ2v) is 3.83. The minimum Gasteiger partial charge on any atom is -0.387 e. The molecule has 0 aliphatic carbocycles. The Morgan fingerprint density at radius 1 is 1.47 bits per heavy atom. The van der Waals surface area contributed by atoms with Crippen molar-refractivity contribution in [3.8, 4) is 0 Å². The lowest BCUT2D eigenvalue weighted by Gasteiger charge is -2.00. The van der Waals surface area contributed by atoms with Crippen molar-refractivity contribution in [2.45, 2.75) is 40.2 Å². The predicted molar refractivity (Wildman–Crippen MR) is 62.9 cm³/mol. The monoisotopic (exact) mass is 208 g/mol. The topological polar surface area (TPSA) is 56.2 Å². The van der Waals surface area contributed by atoms with Crippen LogP contribution in [0, 0.1) is 13.8 Å². The number of aromatic nitrogens is 2. The molecule has 1 aromatic heterocycles. The summed E-state index contributed by atoms with van der Waals surface area (Å²) in [7, 11) is 1.95. The van der Waals surface area contributed by atoms with Crippen molar-refractivity contribution in [2.75, 3.05) is 0 Å². The molecule has 0 spiro atoms. The van der Waals surface area contributed by atoms with Gasteiger partial charge in [-0.15, -0.1) is 0 Å². The first-order valence-corrected chi connectivity index (χ1v) is 5.34. The highest BCUT2D eigenvalue weighted by Gasteiger charge is 2.07. The van der Waals surface area contributed by atoms with Crippen LogP contribution in [0.2, 0.25) is 0 Å². The number of aliphatic imine (C=N–C) groups is 1. The molecule has 4 heteroatoms. The van der Waals surface area contributed by atoms with Crippen LogP contribution in [0.3, 0.4) is 0 Å². The lowest BCUT2D eigenvalue weighted by Crippen LogP contribution is -2.11. The van der Waals surface area contributed by atoms with Crippen LogP contribution < -0.4 is 5.73 Å². The minimum atomic E-state index is 0.650. The van der Waals surface area contributed by atoms with Crippen molar-refractivity contribution in [1.29, 1.82) is 0 Å². The highest BCUT2D eigenvalue weighted by Crippen LogP contribution is 2.12. The first-order valence-electron chi connectivity index (χ1n) is 5.34. The quantitative estimate of drug-likeness (QED) is 0.604. The van der Waals surface area contributed by atoms with E-state index in [9.17, 15) is 0 Å². The molecule has 15 heavy (non-hydrogen) atoms. The fourth-order valence-corrected chi connectivity index (χ4v) is 1.56. The number of amidine groups is 1. The summed E-state index contributed by atoms with van der Waals surface area (Å²) < 4.78 is 1.89. The molecule has 4 nitrogen and oxygen atoms in total. The molecule has 0 radical (unpaired) electrons. The van der Waals surface area contributed by atoms with E-state index in [2.05, 4.69) is 23.9 Å². The molecule has 84 valence electrons. The fourth-order valence-electron chi connectivity index (χ4n) is 1.56. The molecule has 1 rings (SSSR count). The van der Waals surface area contributed by atoms with E-state index in [1.54, 1.807) is 0 Å². The Morgan fingerprint density at radius 3 is 2.60 bits per heavy atom. The van der Waals surface area contributed by atoms with E-state index >= 15 is 0 Å². The van der Waals surface area contributed by atoms with Crippen molar-refractivity contribution in [2.24, 2.45) is 17.8 Å². The van der Waals surface area contributed by atoms with Gasteiger partial charge in [0.15, 0.2) is 0 Å². The molecule has 0 amide bonds. The average molecular weight is 208 g/mol. The molecule has 0 saturated carbocycles. The van der Waals surface area contributed by atoms with E-state index in [4.69, 9.17) is 5.73 Å². The zero-order chi connectivity index (χ0) is 11.4. The van der Waals surface area contributed by atoms with Crippen LogP contribution >= 0.6 is 0 Å². The zero-order valence-corrected chi connectivity index (χ0v) is 10.0. The lowest BCUT2D eigenvalue weighted by atomic mass is 10.2. The van der Waals surface area contributed by atoms with Gasteiger partial charge in [-0.1, -0.05) is 6.92 Å². The van der Waals surface area contributed by atoms with Gasteiger partial charge in [0.05, 0.1) is 18.1 Å². The molecular formula is C11H20N4. The third-order valence-corrected chi connectivity index (χ3v) is 2.61. The van der Waals surface area contributed by atoms with Gasteiger partial charge in [0.2, 0.25) is 0 Å². The van der Waals surface area contributed by atoms with E-state index < -0.39 is 0 Å². The molecule has 2 N–H and O–H groups in total. The number of hydrogen-bond acceptors (Lipinski definition) is 2. The maximum atomic E-state index is 5.76. The normalized spacial score (nSPS) is 12.1. The van der Waals surface area contributed by atoms with Crippen LogP contribution in [0.15, 0.2) is 4.99 Å². The minimum absolute atomic E-state index is 0.650. The maximum absolute atomic E-state index is 5.76. The van der Waals surface area contributed by atoms with E-state index in [-0.39, 0.29) is 0 Å². The number of aryl methyl sites for hydroxylation is 2. The smallest absolute Gasteiger partial charge is 0.0941 e. The van der Waals surface area contributed by atoms with Crippen molar-refractivity contribution in [1.82, 2.24) is 9.78 Å². The first-order chi connectivity index (χ1) is 7.06. The van der Waals surface area contributed by atoms with Gasteiger partial charge in [0.25, 0.3) is 0 Å². The molecule has 1 aromatic rings. The van der Waals surface area contributed by atoms with Crippen LogP contribution in [0.1, 0.15) is 36.7 Å². The van der Waals surface area contributed by atoms with Crippen molar-refractivity contribution in [3.05, 3.63) is 17.0 Å². The largest absolute Gasteiger partial charge is 0.387 e.